The van der Waals surface area contributed by atoms with Gasteiger partial charge in [-0.2, -0.15) is 0 Å². The van der Waals surface area contributed by atoms with Crippen LogP contribution in [0.2, 0.25) is 0 Å². The molecule has 0 fully saturated rings. The van der Waals surface area contributed by atoms with Crippen LogP contribution in [0.15, 0.2) is 152 Å². The van der Waals surface area contributed by atoms with Gasteiger partial charge in [0, 0.05) is 32.8 Å². The maximum atomic E-state index is 5.25. The van der Waals surface area contributed by atoms with Crippen molar-refractivity contribution in [2.24, 2.45) is 0 Å². The molecule has 7 aromatic carbocycles. The molecule has 0 atom stereocenters. The number of rotatable bonds is 3. The molecule has 214 valence electrons. The Kier molecular flexibility index (Phi) is 5.22. The summed E-state index contributed by atoms with van der Waals surface area (Å²) in [5.41, 5.74) is 8.28. The van der Waals surface area contributed by atoms with Gasteiger partial charge in [0.05, 0.1) is 33.3 Å². The largest absolute Gasteiger partial charge is 0.299 e. The van der Waals surface area contributed by atoms with Gasteiger partial charge in [0.2, 0.25) is 5.95 Å². The SMILES string of the molecule is c1ccc(-c2nc(-n3c4ccccc4c4cc5c(ccc6c5ccc5c6ncn5-c5ccccc5)cc43)nc3ccccc23)cc1. The van der Waals surface area contributed by atoms with Crippen LogP contribution < -0.4 is 0 Å². The van der Waals surface area contributed by atoms with Crippen LogP contribution in [0.25, 0.3) is 88.2 Å². The fourth-order valence-corrected chi connectivity index (χ4v) is 7.07. The first-order valence-corrected chi connectivity index (χ1v) is 15.5. The third-order valence-electron chi connectivity index (χ3n) is 9.19. The first-order valence-electron chi connectivity index (χ1n) is 15.5. The highest BCUT2D eigenvalue weighted by molar-refractivity contribution is 6.21. The molecule has 0 aliphatic carbocycles. The lowest BCUT2D eigenvalue weighted by molar-refractivity contribution is 1.01. The normalized spacial score (nSPS) is 11.9. The maximum Gasteiger partial charge on any atom is 0.235 e. The van der Waals surface area contributed by atoms with Crippen molar-refractivity contribution in [2.75, 3.05) is 0 Å². The van der Waals surface area contributed by atoms with Gasteiger partial charge < -0.3 is 0 Å². The van der Waals surface area contributed by atoms with E-state index in [0.717, 1.165) is 60.7 Å². The van der Waals surface area contributed by atoms with E-state index in [1.54, 1.807) is 0 Å². The van der Waals surface area contributed by atoms with Crippen molar-refractivity contribution in [3.63, 3.8) is 0 Å². The van der Waals surface area contributed by atoms with Crippen molar-refractivity contribution in [1.82, 2.24) is 24.1 Å². The lowest BCUT2D eigenvalue weighted by Crippen LogP contribution is -2.03. The minimum Gasteiger partial charge on any atom is -0.299 e. The van der Waals surface area contributed by atoms with Crippen LogP contribution in [0.4, 0.5) is 0 Å². The first kappa shape index (κ1) is 25.0. The quantitative estimate of drug-likeness (QED) is 0.193. The summed E-state index contributed by atoms with van der Waals surface area (Å²) in [6, 6.07) is 51.1. The lowest BCUT2D eigenvalue weighted by Gasteiger charge is -2.12. The van der Waals surface area contributed by atoms with Gasteiger partial charge in [0.15, 0.2) is 0 Å². The molecule has 0 saturated carbocycles. The molecule has 0 aliphatic rings. The molecule has 3 heterocycles. The fraction of sp³-hybridized carbons (Fsp3) is 0. The Morgan fingerprint density at radius 3 is 2.07 bits per heavy atom. The number of para-hydroxylation sites is 3. The Morgan fingerprint density at radius 2 is 1.20 bits per heavy atom. The summed E-state index contributed by atoms with van der Waals surface area (Å²) in [7, 11) is 0. The molecule has 0 aliphatic heterocycles. The minimum atomic E-state index is 0.664. The zero-order chi connectivity index (χ0) is 30.2. The second-order valence-electron chi connectivity index (χ2n) is 11.7. The molecule has 0 amide bonds. The molecule has 5 nitrogen and oxygen atoms in total. The van der Waals surface area contributed by atoms with Crippen LogP contribution >= 0.6 is 0 Å². The zero-order valence-electron chi connectivity index (χ0n) is 24.7. The van der Waals surface area contributed by atoms with Crippen molar-refractivity contribution in [2.45, 2.75) is 0 Å². The summed E-state index contributed by atoms with van der Waals surface area (Å²) in [5, 5.41) is 8.08. The number of nitrogens with zero attached hydrogens (tertiary/aromatic N) is 5. The highest BCUT2D eigenvalue weighted by Gasteiger charge is 2.19. The van der Waals surface area contributed by atoms with Crippen molar-refractivity contribution in [3.8, 4) is 22.9 Å². The predicted molar refractivity (Wildman–Crippen MR) is 189 cm³/mol. The van der Waals surface area contributed by atoms with Crippen molar-refractivity contribution in [1.29, 1.82) is 0 Å². The lowest BCUT2D eigenvalue weighted by atomic mass is 9.99. The van der Waals surface area contributed by atoms with Crippen molar-refractivity contribution in [3.05, 3.63) is 152 Å². The molecule has 10 aromatic rings. The van der Waals surface area contributed by atoms with E-state index in [4.69, 9.17) is 15.0 Å². The highest BCUT2D eigenvalue weighted by Crippen LogP contribution is 2.39. The second kappa shape index (κ2) is 9.58. The van der Waals surface area contributed by atoms with E-state index in [1.165, 1.54) is 21.5 Å². The third-order valence-corrected chi connectivity index (χ3v) is 9.19. The number of aromatic nitrogens is 5. The van der Waals surface area contributed by atoms with Crippen LogP contribution in [0, 0.1) is 0 Å². The average molecular weight is 588 g/mol. The van der Waals surface area contributed by atoms with Gasteiger partial charge in [-0.05, 0) is 58.6 Å². The molecule has 0 spiro atoms. The Balaban J connectivity index is 1.25. The summed E-state index contributed by atoms with van der Waals surface area (Å²) >= 11 is 0. The van der Waals surface area contributed by atoms with Crippen LogP contribution in [0.5, 0.6) is 0 Å². The molecule has 0 radical (unpaired) electrons. The van der Waals surface area contributed by atoms with E-state index >= 15 is 0 Å². The Bertz CT molecular complexity index is 2790. The number of benzene rings is 7. The summed E-state index contributed by atoms with van der Waals surface area (Å²) in [6.07, 6.45) is 1.92. The summed E-state index contributed by atoms with van der Waals surface area (Å²) in [6.45, 7) is 0. The molecular weight excluding hydrogens is 562 g/mol. The van der Waals surface area contributed by atoms with E-state index in [0.29, 0.717) is 5.95 Å². The fourth-order valence-electron chi connectivity index (χ4n) is 7.07. The number of fused-ring (bicyclic) bond motifs is 9. The molecule has 3 aromatic heterocycles. The van der Waals surface area contributed by atoms with Gasteiger partial charge in [-0.3, -0.25) is 9.13 Å². The summed E-state index contributed by atoms with van der Waals surface area (Å²) < 4.78 is 4.38. The molecule has 0 N–H and O–H groups in total. The Morgan fingerprint density at radius 1 is 0.457 bits per heavy atom. The van der Waals surface area contributed by atoms with Crippen LogP contribution in [0.1, 0.15) is 0 Å². The maximum absolute atomic E-state index is 5.25. The number of hydrogen-bond donors (Lipinski definition) is 0. The Hall–Kier alpha value is -6.33. The summed E-state index contributed by atoms with van der Waals surface area (Å²) in [5.74, 6) is 0.664. The predicted octanol–water partition coefficient (Wildman–Crippen LogP) is 10.0. The van der Waals surface area contributed by atoms with E-state index in [-0.39, 0.29) is 0 Å². The van der Waals surface area contributed by atoms with Gasteiger partial charge >= 0.3 is 0 Å². The van der Waals surface area contributed by atoms with E-state index in [1.807, 2.05) is 24.5 Å². The third kappa shape index (κ3) is 3.60. The van der Waals surface area contributed by atoms with E-state index in [2.05, 4.69) is 137 Å². The van der Waals surface area contributed by atoms with Crippen LogP contribution in [0.3, 0.4) is 0 Å². The summed E-state index contributed by atoms with van der Waals surface area (Å²) in [4.78, 5) is 15.3. The van der Waals surface area contributed by atoms with E-state index < -0.39 is 0 Å². The van der Waals surface area contributed by atoms with Gasteiger partial charge in [0.25, 0.3) is 0 Å². The van der Waals surface area contributed by atoms with Crippen LogP contribution in [-0.4, -0.2) is 24.1 Å². The molecule has 0 bridgehead atoms. The monoisotopic (exact) mass is 587 g/mol. The number of imidazole rings is 1. The van der Waals surface area contributed by atoms with Crippen LogP contribution in [-0.2, 0) is 0 Å². The number of hydrogen-bond acceptors (Lipinski definition) is 3. The standard InChI is InChI=1S/C41H25N5/c1-3-11-26(12-4-1)39-32-16-7-9-17-35(32)43-41(44-39)46-36-18-10-8-15-30(36)34-24-33-27(23-38(34)46)19-20-31-29(33)21-22-37-40(31)42-25-45(37)28-13-5-2-6-14-28/h1-25H. The van der Waals surface area contributed by atoms with Gasteiger partial charge in [-0.25, -0.2) is 15.0 Å². The van der Waals surface area contributed by atoms with Gasteiger partial charge in [-0.1, -0.05) is 103 Å². The Labute approximate surface area is 263 Å². The van der Waals surface area contributed by atoms with Crippen molar-refractivity contribution < 1.29 is 0 Å². The molecule has 0 unspecified atom stereocenters. The molecular formula is C41H25N5. The highest BCUT2D eigenvalue weighted by atomic mass is 15.2. The zero-order valence-corrected chi connectivity index (χ0v) is 24.7. The molecule has 10 rings (SSSR count). The minimum absolute atomic E-state index is 0.664. The molecule has 0 saturated heterocycles. The molecule has 46 heavy (non-hydrogen) atoms. The van der Waals surface area contributed by atoms with E-state index in [9.17, 15) is 0 Å². The van der Waals surface area contributed by atoms with Gasteiger partial charge in [-0.15, -0.1) is 0 Å². The van der Waals surface area contributed by atoms with Gasteiger partial charge in [0.1, 0.15) is 6.33 Å². The average Bonchev–Trinajstić information content (AvgIpc) is 3.70. The second-order valence-corrected chi connectivity index (χ2v) is 11.7. The van der Waals surface area contributed by atoms with Crippen molar-refractivity contribution >= 4 is 65.3 Å². The molecule has 5 heteroatoms. The smallest absolute Gasteiger partial charge is 0.235 e. The first-order chi connectivity index (χ1) is 22.8. The topological polar surface area (TPSA) is 48.5 Å².